The number of rotatable bonds is 5. The fourth-order valence-electron chi connectivity index (χ4n) is 3.34. The van der Waals surface area contributed by atoms with E-state index in [1.54, 1.807) is 16.4 Å². The van der Waals surface area contributed by atoms with Crippen molar-refractivity contribution >= 4 is 10.0 Å². The largest absolute Gasteiger partial charge is 0.493 e. The van der Waals surface area contributed by atoms with E-state index in [2.05, 4.69) is 29.2 Å². The van der Waals surface area contributed by atoms with Gasteiger partial charge in [-0.2, -0.15) is 4.31 Å². The Hall–Kier alpha value is -2.09. The van der Waals surface area contributed by atoms with Crippen LogP contribution < -0.4 is 9.47 Å². The lowest BCUT2D eigenvalue weighted by Crippen LogP contribution is -2.48. The SMILES string of the molecule is COc1ccc(S(=O)(=O)N2CCN(C)[C@H](c3ccc(C)cc3)C2)cc1OC. The van der Waals surface area contributed by atoms with Crippen molar-refractivity contribution in [2.24, 2.45) is 0 Å². The minimum Gasteiger partial charge on any atom is -0.493 e. The standard InChI is InChI=1S/C20H26N2O4S/c1-15-5-7-16(8-6-15)18-14-22(12-11-21(18)2)27(23,24)17-9-10-19(25-3)20(13-17)26-4/h5-10,13,18H,11-12,14H2,1-4H3/t18-/m0/s1. The van der Waals surface area contributed by atoms with E-state index in [4.69, 9.17) is 9.47 Å². The number of methoxy groups -OCH3 is 2. The fourth-order valence-corrected chi connectivity index (χ4v) is 4.80. The summed E-state index contributed by atoms with van der Waals surface area (Å²) in [5.41, 5.74) is 2.31. The van der Waals surface area contributed by atoms with Crippen molar-refractivity contribution < 1.29 is 17.9 Å². The van der Waals surface area contributed by atoms with Gasteiger partial charge >= 0.3 is 0 Å². The molecule has 0 aliphatic carbocycles. The number of ether oxygens (including phenoxy) is 2. The third-order valence-corrected chi connectivity index (χ3v) is 6.93. The number of hydrogen-bond donors (Lipinski definition) is 0. The average molecular weight is 391 g/mol. The zero-order chi connectivity index (χ0) is 19.6. The molecule has 0 N–H and O–H groups in total. The molecule has 1 saturated heterocycles. The Morgan fingerprint density at radius 1 is 0.963 bits per heavy atom. The van der Waals surface area contributed by atoms with Crippen molar-refractivity contribution in [2.45, 2.75) is 17.9 Å². The van der Waals surface area contributed by atoms with Gasteiger partial charge < -0.3 is 9.47 Å². The van der Waals surface area contributed by atoms with Crippen molar-refractivity contribution in [3.63, 3.8) is 0 Å². The molecule has 1 fully saturated rings. The van der Waals surface area contributed by atoms with Crippen molar-refractivity contribution in [3.8, 4) is 11.5 Å². The Labute approximate surface area is 161 Å². The van der Waals surface area contributed by atoms with E-state index >= 15 is 0 Å². The van der Waals surface area contributed by atoms with Gasteiger partial charge in [-0.25, -0.2) is 8.42 Å². The van der Waals surface area contributed by atoms with E-state index in [1.807, 2.05) is 14.0 Å². The van der Waals surface area contributed by atoms with Crippen LogP contribution in [0, 0.1) is 6.92 Å². The molecular formula is C20H26N2O4S. The Kier molecular flexibility index (Phi) is 5.74. The lowest BCUT2D eigenvalue weighted by atomic mass is 10.0. The minimum absolute atomic E-state index is 0.0225. The normalized spacial score (nSPS) is 19.0. The molecule has 0 bridgehead atoms. The number of sulfonamides is 1. The van der Waals surface area contributed by atoms with Crippen LogP contribution in [0.3, 0.4) is 0 Å². The lowest BCUT2D eigenvalue weighted by molar-refractivity contribution is 0.148. The zero-order valence-corrected chi connectivity index (χ0v) is 17.0. The first-order chi connectivity index (χ1) is 12.9. The number of likely N-dealkylation sites (N-methyl/N-ethyl adjacent to an activating group) is 1. The number of hydrogen-bond acceptors (Lipinski definition) is 5. The monoisotopic (exact) mass is 390 g/mol. The van der Waals surface area contributed by atoms with Crippen molar-refractivity contribution in [1.29, 1.82) is 0 Å². The molecule has 0 unspecified atom stereocenters. The molecule has 2 aromatic rings. The van der Waals surface area contributed by atoms with Crippen LogP contribution >= 0.6 is 0 Å². The van der Waals surface area contributed by atoms with E-state index in [1.165, 1.54) is 25.8 Å². The molecule has 6 nitrogen and oxygen atoms in total. The summed E-state index contributed by atoms with van der Waals surface area (Å²) in [6.07, 6.45) is 0. The summed E-state index contributed by atoms with van der Waals surface area (Å²) in [5, 5.41) is 0. The summed E-state index contributed by atoms with van der Waals surface area (Å²) in [7, 11) is 1.44. The minimum atomic E-state index is -3.62. The Morgan fingerprint density at radius 2 is 1.63 bits per heavy atom. The van der Waals surface area contributed by atoms with Gasteiger partial charge in [0.25, 0.3) is 0 Å². The van der Waals surface area contributed by atoms with Crippen LogP contribution in [0.15, 0.2) is 47.4 Å². The third kappa shape index (κ3) is 3.95. The Balaban J connectivity index is 1.89. The molecule has 0 aromatic heterocycles. The van der Waals surface area contributed by atoms with E-state index in [0.29, 0.717) is 31.1 Å². The quantitative estimate of drug-likeness (QED) is 0.786. The molecule has 3 rings (SSSR count). The highest BCUT2D eigenvalue weighted by atomic mass is 32.2. The molecule has 146 valence electrons. The maximum absolute atomic E-state index is 13.2. The van der Waals surface area contributed by atoms with E-state index < -0.39 is 10.0 Å². The molecule has 2 aromatic carbocycles. The summed E-state index contributed by atoms with van der Waals surface area (Å²) in [6, 6.07) is 13.0. The van der Waals surface area contributed by atoms with Gasteiger partial charge in [0.15, 0.2) is 11.5 Å². The molecule has 0 radical (unpaired) electrons. The van der Waals surface area contributed by atoms with Gasteiger partial charge in [-0.05, 0) is 31.7 Å². The molecule has 0 amide bonds. The van der Waals surface area contributed by atoms with Gasteiger partial charge in [-0.15, -0.1) is 0 Å². The van der Waals surface area contributed by atoms with Gasteiger partial charge in [-0.3, -0.25) is 4.90 Å². The first-order valence-corrected chi connectivity index (χ1v) is 10.3. The molecule has 27 heavy (non-hydrogen) atoms. The van der Waals surface area contributed by atoms with Gasteiger partial charge in [0.2, 0.25) is 10.0 Å². The molecular weight excluding hydrogens is 364 g/mol. The Morgan fingerprint density at radius 3 is 2.26 bits per heavy atom. The van der Waals surface area contributed by atoms with Crippen LogP contribution in [0.25, 0.3) is 0 Å². The maximum atomic E-state index is 13.2. The van der Waals surface area contributed by atoms with E-state index in [9.17, 15) is 8.42 Å². The highest BCUT2D eigenvalue weighted by Gasteiger charge is 2.33. The zero-order valence-electron chi connectivity index (χ0n) is 16.2. The summed E-state index contributed by atoms with van der Waals surface area (Å²) in [6.45, 7) is 3.58. The Bertz CT molecular complexity index is 897. The van der Waals surface area contributed by atoms with Crippen LogP contribution in [0.4, 0.5) is 0 Å². The number of benzene rings is 2. The second kappa shape index (κ2) is 7.88. The fraction of sp³-hybridized carbons (Fsp3) is 0.400. The molecule has 7 heteroatoms. The number of nitrogens with zero attached hydrogens (tertiary/aromatic N) is 2. The van der Waals surface area contributed by atoms with Crippen molar-refractivity contribution in [2.75, 3.05) is 40.9 Å². The predicted molar refractivity (Wildman–Crippen MR) is 105 cm³/mol. The number of aryl methyl sites for hydroxylation is 1. The van der Waals surface area contributed by atoms with Crippen LogP contribution in [0.5, 0.6) is 11.5 Å². The molecule has 1 atom stereocenters. The lowest BCUT2D eigenvalue weighted by Gasteiger charge is -2.39. The smallest absolute Gasteiger partial charge is 0.243 e. The maximum Gasteiger partial charge on any atom is 0.243 e. The number of piperazine rings is 1. The van der Waals surface area contributed by atoms with Gasteiger partial charge in [0.05, 0.1) is 19.1 Å². The van der Waals surface area contributed by atoms with Gasteiger partial charge in [-0.1, -0.05) is 29.8 Å². The van der Waals surface area contributed by atoms with Crippen molar-refractivity contribution in [3.05, 3.63) is 53.6 Å². The average Bonchev–Trinajstić information content (AvgIpc) is 2.68. The van der Waals surface area contributed by atoms with Crippen molar-refractivity contribution in [1.82, 2.24) is 9.21 Å². The van der Waals surface area contributed by atoms with E-state index in [0.717, 1.165) is 5.56 Å². The molecule has 1 heterocycles. The van der Waals surface area contributed by atoms with Crippen LogP contribution in [0.2, 0.25) is 0 Å². The topological polar surface area (TPSA) is 59.1 Å². The summed E-state index contributed by atoms with van der Waals surface area (Å²) >= 11 is 0. The van der Waals surface area contributed by atoms with Crippen LogP contribution in [-0.4, -0.2) is 58.5 Å². The second-order valence-electron chi connectivity index (χ2n) is 6.79. The molecule has 0 saturated carbocycles. The molecule has 0 spiro atoms. The third-order valence-electron chi connectivity index (χ3n) is 5.07. The van der Waals surface area contributed by atoms with Gasteiger partial charge in [0, 0.05) is 31.7 Å². The summed E-state index contributed by atoms with van der Waals surface area (Å²) < 4.78 is 38.4. The molecule has 1 aliphatic rings. The highest BCUT2D eigenvalue weighted by molar-refractivity contribution is 7.89. The van der Waals surface area contributed by atoms with Gasteiger partial charge in [0.1, 0.15) is 0 Å². The van der Waals surface area contributed by atoms with E-state index in [-0.39, 0.29) is 10.9 Å². The highest BCUT2D eigenvalue weighted by Crippen LogP contribution is 2.33. The van der Waals surface area contributed by atoms with Crippen LogP contribution in [0.1, 0.15) is 17.2 Å². The predicted octanol–water partition coefficient (Wildman–Crippen LogP) is 2.69. The second-order valence-corrected chi connectivity index (χ2v) is 8.72. The summed E-state index contributed by atoms with van der Waals surface area (Å²) in [5.74, 6) is 0.912. The summed E-state index contributed by atoms with van der Waals surface area (Å²) in [4.78, 5) is 2.41. The molecule has 1 aliphatic heterocycles. The first-order valence-electron chi connectivity index (χ1n) is 8.86. The van der Waals surface area contributed by atoms with Crippen LogP contribution in [-0.2, 0) is 10.0 Å². The first kappa shape index (κ1) is 19.7.